The first-order valence-electron chi connectivity index (χ1n) is 10.1. The Morgan fingerprint density at radius 1 is 0.938 bits per heavy atom. The smallest absolute Gasteiger partial charge is 0.328 e. The van der Waals surface area contributed by atoms with Crippen molar-refractivity contribution in [3.05, 3.63) is 0 Å². The molecule has 8 N–H and O–H groups in total. The van der Waals surface area contributed by atoms with Gasteiger partial charge in [-0.25, -0.2) is 4.79 Å². The van der Waals surface area contributed by atoms with Gasteiger partial charge in [0.05, 0.1) is 18.6 Å². The van der Waals surface area contributed by atoms with Gasteiger partial charge in [-0.3, -0.25) is 19.2 Å². The Kier molecular flexibility index (Phi) is 13.5. The number of aliphatic carboxylic acids is 2. The number of carbonyl (C=O) groups excluding carboxylic acids is 3. The van der Waals surface area contributed by atoms with Crippen LogP contribution in [0.25, 0.3) is 0 Å². The third kappa shape index (κ3) is 10.3. The summed E-state index contributed by atoms with van der Waals surface area (Å²) < 4.78 is 0. The van der Waals surface area contributed by atoms with Gasteiger partial charge < -0.3 is 37.0 Å². The summed E-state index contributed by atoms with van der Waals surface area (Å²) in [5.41, 5.74) is 5.91. The largest absolute Gasteiger partial charge is 0.481 e. The Bertz CT molecular complexity index is 676. The molecule has 0 fully saturated rings. The first-order valence-corrected chi connectivity index (χ1v) is 11.5. The lowest BCUT2D eigenvalue weighted by molar-refractivity contribution is -0.146. The van der Waals surface area contributed by atoms with E-state index < -0.39 is 66.4 Å². The molecule has 0 spiro atoms. The van der Waals surface area contributed by atoms with Crippen molar-refractivity contribution in [3.8, 4) is 0 Å². The average Bonchev–Trinajstić information content (AvgIpc) is 2.71. The minimum atomic E-state index is -1.70. The van der Waals surface area contributed by atoms with Gasteiger partial charge in [0.25, 0.3) is 0 Å². The summed E-state index contributed by atoms with van der Waals surface area (Å²) in [6.07, 6.45) is 0.335. The fourth-order valence-electron chi connectivity index (χ4n) is 2.58. The van der Waals surface area contributed by atoms with Crippen molar-refractivity contribution >= 4 is 41.4 Å². The van der Waals surface area contributed by atoms with Crippen molar-refractivity contribution < 1.29 is 39.3 Å². The van der Waals surface area contributed by atoms with Gasteiger partial charge >= 0.3 is 11.9 Å². The molecule has 0 aliphatic rings. The summed E-state index contributed by atoms with van der Waals surface area (Å²) in [4.78, 5) is 60.0. The van der Waals surface area contributed by atoms with E-state index in [9.17, 15) is 29.1 Å². The summed E-state index contributed by atoms with van der Waals surface area (Å²) in [6, 6.07) is -5.26. The topological polar surface area (TPSA) is 208 Å². The lowest BCUT2D eigenvalue weighted by Crippen LogP contribution is -2.59. The zero-order valence-electron chi connectivity index (χ0n) is 18.7. The van der Waals surface area contributed by atoms with Crippen molar-refractivity contribution in [2.45, 2.75) is 70.3 Å². The van der Waals surface area contributed by atoms with E-state index >= 15 is 0 Å². The van der Waals surface area contributed by atoms with Crippen LogP contribution in [0.2, 0.25) is 0 Å². The summed E-state index contributed by atoms with van der Waals surface area (Å²) in [5.74, 6) is -5.07. The highest BCUT2D eigenvalue weighted by Gasteiger charge is 2.33. The molecule has 0 aromatic rings. The van der Waals surface area contributed by atoms with Crippen molar-refractivity contribution in [1.29, 1.82) is 0 Å². The molecular weight excluding hydrogens is 444 g/mol. The molecule has 0 bridgehead atoms. The van der Waals surface area contributed by atoms with Gasteiger partial charge in [0.2, 0.25) is 17.7 Å². The maximum absolute atomic E-state index is 12.8. The molecular formula is C19H34N4O8S. The van der Waals surface area contributed by atoms with Crippen LogP contribution in [0.1, 0.15) is 40.0 Å². The van der Waals surface area contributed by atoms with Gasteiger partial charge in [-0.2, -0.15) is 11.8 Å². The van der Waals surface area contributed by atoms with Crippen LogP contribution in [0.15, 0.2) is 0 Å². The maximum atomic E-state index is 12.8. The minimum Gasteiger partial charge on any atom is -0.481 e. The normalized spacial score (nSPS) is 16.6. The maximum Gasteiger partial charge on any atom is 0.328 e. The average molecular weight is 479 g/mol. The lowest BCUT2D eigenvalue weighted by atomic mass is 9.99. The third-order valence-electron chi connectivity index (χ3n) is 4.86. The van der Waals surface area contributed by atoms with Crippen LogP contribution >= 0.6 is 11.8 Å². The fourth-order valence-corrected chi connectivity index (χ4v) is 3.05. The minimum absolute atomic E-state index is 0.141. The third-order valence-corrected chi connectivity index (χ3v) is 5.51. The van der Waals surface area contributed by atoms with Crippen molar-refractivity contribution in [1.82, 2.24) is 16.0 Å². The molecule has 0 aromatic heterocycles. The molecule has 0 aromatic carbocycles. The van der Waals surface area contributed by atoms with Gasteiger partial charge in [0.15, 0.2) is 6.04 Å². The van der Waals surface area contributed by atoms with E-state index in [1.54, 1.807) is 13.2 Å². The van der Waals surface area contributed by atoms with Crippen LogP contribution in [-0.4, -0.2) is 87.3 Å². The lowest BCUT2D eigenvalue weighted by Gasteiger charge is -2.26. The number of nitrogens with two attached hydrogens (primary N) is 1. The first-order chi connectivity index (χ1) is 14.8. The Hall–Kier alpha value is -2.38. The van der Waals surface area contributed by atoms with Gasteiger partial charge in [-0.1, -0.05) is 20.3 Å². The molecule has 12 nitrogen and oxygen atoms in total. The van der Waals surface area contributed by atoms with Gasteiger partial charge in [-0.05, 0) is 31.3 Å². The fraction of sp³-hybridized carbons (Fsp3) is 0.737. The molecule has 0 saturated heterocycles. The molecule has 0 aliphatic heterocycles. The number of aliphatic hydroxyl groups excluding tert-OH is 1. The number of rotatable bonds is 15. The van der Waals surface area contributed by atoms with Crippen LogP contribution in [0.4, 0.5) is 0 Å². The Labute approximate surface area is 191 Å². The first kappa shape index (κ1) is 29.6. The van der Waals surface area contributed by atoms with Crippen LogP contribution in [0.3, 0.4) is 0 Å². The zero-order valence-corrected chi connectivity index (χ0v) is 19.5. The van der Waals surface area contributed by atoms with E-state index in [-0.39, 0.29) is 12.3 Å². The number of hydrogen-bond acceptors (Lipinski definition) is 8. The van der Waals surface area contributed by atoms with E-state index in [2.05, 4.69) is 10.6 Å². The van der Waals surface area contributed by atoms with E-state index in [1.807, 2.05) is 12.2 Å². The van der Waals surface area contributed by atoms with Crippen LogP contribution in [-0.2, 0) is 24.0 Å². The van der Waals surface area contributed by atoms with E-state index in [1.165, 1.54) is 11.8 Å². The van der Waals surface area contributed by atoms with Gasteiger partial charge in [-0.15, -0.1) is 0 Å². The van der Waals surface area contributed by atoms with E-state index in [0.29, 0.717) is 12.2 Å². The SMILES string of the molecule is CCC(C)C(N)C(=O)NC(CCSC)C(=O)NC(CC(=O)O)C(=O)NC(C(=O)O)C(C)O. The molecule has 0 saturated carbocycles. The quantitative estimate of drug-likeness (QED) is 0.145. The second-order valence-electron chi connectivity index (χ2n) is 7.48. The molecule has 6 atom stereocenters. The molecule has 0 radical (unpaired) electrons. The molecule has 184 valence electrons. The number of thioether (sulfide) groups is 1. The second kappa shape index (κ2) is 14.6. The molecule has 13 heteroatoms. The van der Waals surface area contributed by atoms with Gasteiger partial charge in [0.1, 0.15) is 12.1 Å². The van der Waals surface area contributed by atoms with Crippen LogP contribution < -0.4 is 21.7 Å². The van der Waals surface area contributed by atoms with Crippen LogP contribution in [0, 0.1) is 5.92 Å². The van der Waals surface area contributed by atoms with Gasteiger partial charge in [0, 0.05) is 0 Å². The Morgan fingerprint density at radius 3 is 1.91 bits per heavy atom. The highest BCUT2D eigenvalue weighted by molar-refractivity contribution is 7.98. The molecule has 3 amide bonds. The predicted octanol–water partition coefficient (Wildman–Crippen LogP) is -1.49. The summed E-state index contributed by atoms with van der Waals surface area (Å²) in [5, 5.41) is 34.5. The molecule has 0 rings (SSSR count). The number of nitrogens with one attached hydrogen (secondary N) is 3. The van der Waals surface area contributed by atoms with Crippen molar-refractivity contribution in [3.63, 3.8) is 0 Å². The highest BCUT2D eigenvalue weighted by Crippen LogP contribution is 2.08. The number of carboxylic acid groups (broad SMARTS) is 2. The number of aliphatic hydroxyl groups is 1. The van der Waals surface area contributed by atoms with E-state index in [4.69, 9.17) is 15.9 Å². The molecule has 32 heavy (non-hydrogen) atoms. The number of carboxylic acids is 2. The summed E-state index contributed by atoms with van der Waals surface area (Å²) >= 11 is 1.42. The Morgan fingerprint density at radius 2 is 1.47 bits per heavy atom. The second-order valence-corrected chi connectivity index (χ2v) is 8.46. The number of carbonyl (C=O) groups is 5. The number of hydrogen-bond donors (Lipinski definition) is 7. The summed E-state index contributed by atoms with van der Waals surface area (Å²) in [7, 11) is 0. The zero-order chi connectivity index (χ0) is 25.0. The highest BCUT2D eigenvalue weighted by atomic mass is 32.2. The van der Waals surface area contributed by atoms with Crippen LogP contribution in [0.5, 0.6) is 0 Å². The molecule has 0 aliphatic carbocycles. The summed E-state index contributed by atoms with van der Waals surface area (Å²) in [6.45, 7) is 4.79. The standard InChI is InChI=1S/C19H34N4O8S/c1-5-9(2)14(20)18(29)21-11(6-7-32-4)16(27)22-12(8-13(25)26)17(28)23-15(10(3)24)19(30)31/h9-12,14-15,24H,5-8,20H2,1-4H3,(H,21,29)(H,22,27)(H,23,28)(H,25,26)(H,30,31). The van der Waals surface area contributed by atoms with Crippen molar-refractivity contribution in [2.75, 3.05) is 12.0 Å². The number of amides is 3. The molecule has 0 heterocycles. The Balaban J connectivity index is 5.51. The monoisotopic (exact) mass is 478 g/mol. The predicted molar refractivity (Wildman–Crippen MR) is 118 cm³/mol. The van der Waals surface area contributed by atoms with E-state index in [0.717, 1.165) is 6.92 Å². The molecule has 6 unspecified atom stereocenters. The van der Waals surface area contributed by atoms with Crippen molar-refractivity contribution in [2.24, 2.45) is 11.7 Å².